The molecule has 0 amide bonds. The Kier molecular flexibility index (Phi) is 5.16. The van der Waals surface area contributed by atoms with Crippen molar-refractivity contribution in [2.24, 2.45) is 0 Å². The number of ether oxygens (including phenoxy) is 1. The van der Waals surface area contributed by atoms with E-state index in [1.54, 1.807) is 6.07 Å². The van der Waals surface area contributed by atoms with Crippen molar-refractivity contribution in [1.29, 1.82) is 0 Å². The normalized spacial score (nSPS) is 11.2. The van der Waals surface area contributed by atoms with E-state index >= 15 is 0 Å². The van der Waals surface area contributed by atoms with Crippen LogP contribution >= 0.6 is 0 Å². The monoisotopic (exact) mass is 339 g/mol. The molecule has 0 radical (unpaired) electrons. The van der Waals surface area contributed by atoms with Crippen LogP contribution in [0.5, 0.6) is 5.75 Å². The van der Waals surface area contributed by atoms with Gasteiger partial charge in [0, 0.05) is 24.1 Å². The van der Waals surface area contributed by atoms with E-state index in [0.717, 1.165) is 22.1 Å². The molecule has 5 heteroatoms. The van der Waals surface area contributed by atoms with Crippen molar-refractivity contribution in [2.45, 2.75) is 19.8 Å². The lowest BCUT2D eigenvalue weighted by Crippen LogP contribution is -2.13. The van der Waals surface area contributed by atoms with E-state index in [0.29, 0.717) is 24.5 Å². The summed E-state index contributed by atoms with van der Waals surface area (Å²) in [5.41, 5.74) is 2.90. The third kappa shape index (κ3) is 4.26. The van der Waals surface area contributed by atoms with E-state index in [9.17, 15) is 9.90 Å². The van der Waals surface area contributed by atoms with Gasteiger partial charge in [-0.05, 0) is 42.9 Å². The summed E-state index contributed by atoms with van der Waals surface area (Å²) in [6.45, 7) is 1.04. The molecule has 1 N–H and O–H groups in total. The third-order valence-electron chi connectivity index (χ3n) is 3.87. The number of rotatable bonds is 6. The largest absolute Gasteiger partial charge is 0.489 e. The summed E-state index contributed by atoms with van der Waals surface area (Å²) >= 11 is 0. The molecule has 3 rings (SSSR count). The van der Waals surface area contributed by atoms with Crippen LogP contribution in [0.1, 0.15) is 16.7 Å². The number of benzene rings is 2. The third-order valence-corrected chi connectivity index (χ3v) is 3.87. The molecule has 0 bridgehead atoms. The highest BCUT2D eigenvalue weighted by atomic mass is 16.5. The summed E-state index contributed by atoms with van der Waals surface area (Å²) in [4.78, 5) is 13.8. The molecular formula is C20H21NO4. The van der Waals surface area contributed by atoms with Gasteiger partial charge in [0.05, 0.1) is 6.61 Å². The van der Waals surface area contributed by atoms with Crippen LogP contribution in [0.3, 0.4) is 0 Å². The quantitative estimate of drug-likeness (QED) is 0.700. The Balaban J connectivity index is 1.84. The Hall–Kier alpha value is -2.63. The van der Waals surface area contributed by atoms with Crippen LogP contribution in [0.4, 0.5) is 0 Å². The van der Waals surface area contributed by atoms with Crippen molar-refractivity contribution in [3.63, 3.8) is 0 Å². The van der Waals surface area contributed by atoms with E-state index < -0.39 is 0 Å². The summed E-state index contributed by atoms with van der Waals surface area (Å²) in [6, 6.07) is 14.6. The van der Waals surface area contributed by atoms with Gasteiger partial charge in [0.25, 0.3) is 0 Å². The van der Waals surface area contributed by atoms with E-state index in [2.05, 4.69) is 0 Å². The van der Waals surface area contributed by atoms with Gasteiger partial charge in [0.1, 0.15) is 17.9 Å². The molecule has 2 aromatic carbocycles. The fourth-order valence-corrected chi connectivity index (χ4v) is 2.76. The van der Waals surface area contributed by atoms with Crippen LogP contribution in [0, 0.1) is 0 Å². The van der Waals surface area contributed by atoms with Gasteiger partial charge in [0.2, 0.25) is 0 Å². The van der Waals surface area contributed by atoms with Gasteiger partial charge in [-0.25, -0.2) is 4.79 Å². The predicted molar refractivity (Wildman–Crippen MR) is 96.6 cm³/mol. The maximum Gasteiger partial charge on any atom is 0.336 e. The second kappa shape index (κ2) is 7.51. The lowest BCUT2D eigenvalue weighted by molar-refractivity contribution is 0.280. The topological polar surface area (TPSA) is 62.9 Å². The van der Waals surface area contributed by atoms with Gasteiger partial charge < -0.3 is 19.2 Å². The first kappa shape index (κ1) is 17.2. The first-order chi connectivity index (χ1) is 12.0. The zero-order valence-electron chi connectivity index (χ0n) is 14.4. The SMILES string of the molecule is CN(C)Cc1cc(=O)oc2cc(OCc3cccc(CO)c3)ccc12. The fourth-order valence-electron chi connectivity index (χ4n) is 2.76. The molecule has 0 aliphatic carbocycles. The van der Waals surface area contributed by atoms with Crippen molar-refractivity contribution < 1.29 is 14.3 Å². The van der Waals surface area contributed by atoms with Gasteiger partial charge in [-0.15, -0.1) is 0 Å². The van der Waals surface area contributed by atoms with E-state index in [1.807, 2.05) is 55.4 Å². The minimum absolute atomic E-state index is 0.00359. The van der Waals surface area contributed by atoms with Crippen molar-refractivity contribution in [3.05, 3.63) is 75.6 Å². The van der Waals surface area contributed by atoms with Crippen LogP contribution in [-0.4, -0.2) is 24.1 Å². The van der Waals surface area contributed by atoms with Gasteiger partial charge in [-0.3, -0.25) is 0 Å². The Morgan fingerprint density at radius 2 is 1.88 bits per heavy atom. The number of nitrogens with zero attached hydrogens (tertiary/aromatic N) is 1. The maximum absolute atomic E-state index is 11.8. The van der Waals surface area contributed by atoms with E-state index in [4.69, 9.17) is 9.15 Å². The number of hydrogen-bond donors (Lipinski definition) is 1. The Labute approximate surface area is 146 Å². The highest BCUT2D eigenvalue weighted by Crippen LogP contribution is 2.24. The number of hydrogen-bond acceptors (Lipinski definition) is 5. The molecule has 0 atom stereocenters. The van der Waals surface area contributed by atoms with Gasteiger partial charge in [0.15, 0.2) is 0 Å². The van der Waals surface area contributed by atoms with E-state index in [1.165, 1.54) is 6.07 Å². The van der Waals surface area contributed by atoms with Crippen molar-refractivity contribution in [2.75, 3.05) is 14.1 Å². The molecule has 5 nitrogen and oxygen atoms in total. The lowest BCUT2D eigenvalue weighted by Gasteiger charge is -2.12. The molecule has 0 unspecified atom stereocenters. The molecule has 0 saturated heterocycles. The standard InChI is InChI=1S/C20H21NO4/c1-21(2)11-16-9-20(23)25-19-10-17(6-7-18(16)19)24-13-15-5-3-4-14(8-15)12-22/h3-10,22H,11-13H2,1-2H3. The minimum Gasteiger partial charge on any atom is -0.489 e. The smallest absolute Gasteiger partial charge is 0.336 e. The Morgan fingerprint density at radius 3 is 2.64 bits per heavy atom. The molecule has 3 aromatic rings. The minimum atomic E-state index is -0.364. The summed E-state index contributed by atoms with van der Waals surface area (Å²) < 4.78 is 11.1. The predicted octanol–water partition coefficient (Wildman–Crippen LogP) is 2.93. The highest BCUT2D eigenvalue weighted by Gasteiger charge is 2.08. The lowest BCUT2D eigenvalue weighted by atomic mass is 10.1. The van der Waals surface area contributed by atoms with Gasteiger partial charge >= 0.3 is 5.63 Å². The van der Waals surface area contributed by atoms with Crippen molar-refractivity contribution in [3.8, 4) is 5.75 Å². The summed E-state index contributed by atoms with van der Waals surface area (Å²) in [5, 5.41) is 10.1. The number of aliphatic hydroxyl groups is 1. The molecule has 0 spiro atoms. The first-order valence-corrected chi connectivity index (χ1v) is 8.08. The number of aliphatic hydroxyl groups excluding tert-OH is 1. The van der Waals surface area contributed by atoms with Crippen molar-refractivity contribution in [1.82, 2.24) is 4.90 Å². The summed E-state index contributed by atoms with van der Waals surface area (Å²) in [6.07, 6.45) is 0. The molecule has 1 aromatic heterocycles. The van der Waals surface area contributed by atoms with Crippen molar-refractivity contribution >= 4 is 11.0 Å². The number of fused-ring (bicyclic) bond motifs is 1. The Bertz CT molecular complexity index is 930. The summed E-state index contributed by atoms with van der Waals surface area (Å²) in [5.74, 6) is 0.632. The molecule has 0 saturated carbocycles. The molecule has 25 heavy (non-hydrogen) atoms. The van der Waals surface area contributed by atoms with Crippen LogP contribution in [0.15, 0.2) is 57.7 Å². The molecule has 130 valence electrons. The molecule has 0 aliphatic rings. The molecule has 1 heterocycles. The van der Waals surface area contributed by atoms with E-state index in [-0.39, 0.29) is 12.2 Å². The van der Waals surface area contributed by atoms with Crippen LogP contribution in [0.2, 0.25) is 0 Å². The fraction of sp³-hybridized carbons (Fsp3) is 0.250. The molecule has 0 aliphatic heterocycles. The second-order valence-electron chi connectivity index (χ2n) is 6.25. The average molecular weight is 339 g/mol. The van der Waals surface area contributed by atoms with Crippen LogP contribution < -0.4 is 10.4 Å². The molecule has 0 fully saturated rings. The average Bonchev–Trinajstić information content (AvgIpc) is 2.59. The second-order valence-corrected chi connectivity index (χ2v) is 6.25. The first-order valence-electron chi connectivity index (χ1n) is 8.08. The molecular weight excluding hydrogens is 318 g/mol. The Morgan fingerprint density at radius 1 is 1.08 bits per heavy atom. The van der Waals surface area contributed by atoms with Gasteiger partial charge in [-0.1, -0.05) is 24.3 Å². The zero-order chi connectivity index (χ0) is 17.8. The van der Waals surface area contributed by atoms with Crippen LogP contribution in [0.25, 0.3) is 11.0 Å². The highest BCUT2D eigenvalue weighted by molar-refractivity contribution is 5.81. The summed E-state index contributed by atoms with van der Waals surface area (Å²) in [7, 11) is 3.91. The zero-order valence-corrected chi connectivity index (χ0v) is 14.4. The maximum atomic E-state index is 11.8. The van der Waals surface area contributed by atoms with Crippen LogP contribution in [-0.2, 0) is 19.8 Å². The van der Waals surface area contributed by atoms with Gasteiger partial charge in [-0.2, -0.15) is 0 Å².